The van der Waals surface area contributed by atoms with Crippen LogP contribution in [0, 0.1) is 11.3 Å². The minimum Gasteiger partial charge on any atom is -0.315 e. The van der Waals surface area contributed by atoms with Crippen LogP contribution in [0.3, 0.4) is 0 Å². The van der Waals surface area contributed by atoms with Gasteiger partial charge in [0.2, 0.25) is 0 Å². The van der Waals surface area contributed by atoms with E-state index in [0.29, 0.717) is 5.56 Å². The van der Waals surface area contributed by atoms with E-state index in [1.807, 2.05) is 29.2 Å². The molecule has 3 aliphatic rings. The molecule has 0 N–H and O–H groups in total. The molecular weight excluding hydrogens is 346 g/mol. The Bertz CT molecular complexity index is 1000. The highest BCUT2D eigenvalue weighted by molar-refractivity contribution is 5.94. The van der Waals surface area contributed by atoms with E-state index in [2.05, 4.69) is 41.3 Å². The molecule has 2 aromatic rings. The van der Waals surface area contributed by atoms with Crippen molar-refractivity contribution in [1.82, 2.24) is 4.90 Å². The van der Waals surface area contributed by atoms with Gasteiger partial charge in [-0.25, -0.2) is 4.79 Å². The van der Waals surface area contributed by atoms with Gasteiger partial charge >= 0.3 is 6.03 Å². The maximum absolute atomic E-state index is 13.5. The minimum absolute atomic E-state index is 0.153. The second-order valence-corrected chi connectivity index (χ2v) is 7.96. The SMILES string of the molecule is N#Cc1cccc(C2=CC3CCC(C2)N3C(=O)N2CCCc3ccccc32)c1. The van der Waals surface area contributed by atoms with E-state index in [0.717, 1.165) is 49.9 Å². The Balaban J connectivity index is 1.43. The lowest BCUT2D eigenvalue weighted by Crippen LogP contribution is -2.51. The standard InChI is InChI=1S/C24H23N3O/c25-16-17-5-3-7-19(13-17)20-14-21-10-11-22(15-20)27(21)24(28)26-12-4-8-18-6-1-2-9-23(18)26/h1-3,5-7,9,13-14,21-22H,4,8,10-12,15H2. The zero-order valence-corrected chi connectivity index (χ0v) is 15.8. The summed E-state index contributed by atoms with van der Waals surface area (Å²) in [5, 5.41) is 9.19. The summed E-state index contributed by atoms with van der Waals surface area (Å²) in [6.07, 6.45) is 7.26. The van der Waals surface area contributed by atoms with E-state index in [4.69, 9.17) is 0 Å². The molecule has 28 heavy (non-hydrogen) atoms. The molecule has 0 aliphatic carbocycles. The average Bonchev–Trinajstić information content (AvgIpc) is 3.02. The Morgan fingerprint density at radius 2 is 2.00 bits per heavy atom. The quantitative estimate of drug-likeness (QED) is 0.728. The summed E-state index contributed by atoms with van der Waals surface area (Å²) in [5.41, 5.74) is 5.43. The molecule has 1 saturated heterocycles. The number of amides is 2. The molecule has 0 spiro atoms. The van der Waals surface area contributed by atoms with Crippen LogP contribution in [-0.2, 0) is 6.42 Å². The number of para-hydroxylation sites is 1. The van der Waals surface area contributed by atoms with Crippen LogP contribution in [0.15, 0.2) is 54.6 Å². The van der Waals surface area contributed by atoms with Crippen LogP contribution in [0.1, 0.15) is 42.4 Å². The molecule has 3 heterocycles. The number of nitriles is 1. The highest BCUT2D eigenvalue weighted by Crippen LogP contribution is 2.40. The van der Waals surface area contributed by atoms with Gasteiger partial charge < -0.3 is 4.90 Å². The van der Waals surface area contributed by atoms with Gasteiger partial charge in [0, 0.05) is 18.3 Å². The van der Waals surface area contributed by atoms with Gasteiger partial charge in [-0.15, -0.1) is 0 Å². The Hall–Kier alpha value is -3.06. The lowest BCUT2D eigenvalue weighted by atomic mass is 9.94. The molecule has 3 aliphatic heterocycles. The van der Waals surface area contributed by atoms with Crippen molar-refractivity contribution in [2.75, 3.05) is 11.4 Å². The van der Waals surface area contributed by atoms with Gasteiger partial charge in [0.25, 0.3) is 0 Å². The van der Waals surface area contributed by atoms with Crippen molar-refractivity contribution < 1.29 is 4.79 Å². The number of carbonyl (C=O) groups is 1. The Morgan fingerprint density at radius 3 is 2.86 bits per heavy atom. The number of nitrogens with zero attached hydrogens (tertiary/aromatic N) is 3. The fraction of sp³-hybridized carbons (Fsp3) is 0.333. The molecule has 0 aromatic heterocycles. The molecule has 0 saturated carbocycles. The minimum atomic E-state index is 0.153. The van der Waals surface area contributed by atoms with E-state index in [1.165, 1.54) is 11.1 Å². The van der Waals surface area contributed by atoms with Crippen molar-refractivity contribution in [2.45, 2.75) is 44.2 Å². The largest absolute Gasteiger partial charge is 0.325 e. The zero-order valence-electron chi connectivity index (χ0n) is 15.8. The number of urea groups is 1. The molecule has 0 radical (unpaired) electrons. The van der Waals surface area contributed by atoms with E-state index in [-0.39, 0.29) is 18.1 Å². The Morgan fingerprint density at radius 1 is 1.11 bits per heavy atom. The molecule has 2 aromatic carbocycles. The van der Waals surface area contributed by atoms with Crippen LogP contribution < -0.4 is 4.90 Å². The van der Waals surface area contributed by atoms with Crippen molar-refractivity contribution in [1.29, 1.82) is 5.26 Å². The van der Waals surface area contributed by atoms with E-state index in [9.17, 15) is 10.1 Å². The second kappa shape index (κ2) is 6.83. The third-order valence-corrected chi connectivity index (χ3v) is 6.32. The van der Waals surface area contributed by atoms with Crippen LogP contribution in [-0.4, -0.2) is 29.6 Å². The number of anilines is 1. The lowest BCUT2D eigenvalue weighted by molar-refractivity contribution is 0.186. The third kappa shape index (κ3) is 2.79. The molecule has 2 atom stereocenters. The first kappa shape index (κ1) is 17.1. The summed E-state index contributed by atoms with van der Waals surface area (Å²) in [6.45, 7) is 0.798. The van der Waals surface area contributed by atoms with Crippen molar-refractivity contribution >= 4 is 17.3 Å². The number of fused-ring (bicyclic) bond motifs is 3. The number of hydrogen-bond acceptors (Lipinski definition) is 2. The lowest BCUT2D eigenvalue weighted by Gasteiger charge is -2.39. The summed E-state index contributed by atoms with van der Waals surface area (Å²) in [6, 6.07) is 18.9. The summed E-state index contributed by atoms with van der Waals surface area (Å²) in [4.78, 5) is 17.6. The second-order valence-electron chi connectivity index (χ2n) is 7.96. The number of aryl methyl sites for hydroxylation is 1. The summed E-state index contributed by atoms with van der Waals surface area (Å²) in [5.74, 6) is 0. The normalized spacial score (nSPS) is 23.0. The van der Waals surface area contributed by atoms with Crippen molar-refractivity contribution in [3.63, 3.8) is 0 Å². The van der Waals surface area contributed by atoms with Gasteiger partial charge in [0.1, 0.15) is 0 Å². The predicted molar refractivity (Wildman–Crippen MR) is 110 cm³/mol. The van der Waals surface area contributed by atoms with Gasteiger partial charge in [-0.1, -0.05) is 36.4 Å². The number of benzene rings is 2. The van der Waals surface area contributed by atoms with Crippen LogP contribution >= 0.6 is 0 Å². The fourth-order valence-corrected chi connectivity index (χ4v) is 5.00. The summed E-state index contributed by atoms with van der Waals surface area (Å²) in [7, 11) is 0. The Kier molecular flexibility index (Phi) is 4.16. The first-order chi connectivity index (χ1) is 13.7. The number of carbonyl (C=O) groups excluding carboxylic acids is 1. The number of hydrogen-bond donors (Lipinski definition) is 0. The topological polar surface area (TPSA) is 47.3 Å². The Labute approximate surface area is 165 Å². The summed E-state index contributed by atoms with van der Waals surface area (Å²) < 4.78 is 0. The van der Waals surface area contributed by atoms with E-state index < -0.39 is 0 Å². The van der Waals surface area contributed by atoms with Crippen LogP contribution in [0.5, 0.6) is 0 Å². The third-order valence-electron chi connectivity index (χ3n) is 6.32. The predicted octanol–water partition coefficient (Wildman–Crippen LogP) is 4.75. The highest BCUT2D eigenvalue weighted by Gasteiger charge is 2.42. The first-order valence-corrected chi connectivity index (χ1v) is 10.1. The van der Waals surface area contributed by atoms with Gasteiger partial charge in [-0.2, -0.15) is 5.26 Å². The van der Waals surface area contributed by atoms with Crippen LogP contribution in [0.2, 0.25) is 0 Å². The molecule has 4 heteroatoms. The van der Waals surface area contributed by atoms with E-state index in [1.54, 1.807) is 0 Å². The molecule has 1 fully saturated rings. The average molecular weight is 369 g/mol. The maximum Gasteiger partial charge on any atom is 0.325 e. The number of rotatable bonds is 1. The van der Waals surface area contributed by atoms with Gasteiger partial charge in [0.15, 0.2) is 0 Å². The van der Waals surface area contributed by atoms with Gasteiger partial charge in [-0.05, 0) is 67.0 Å². The highest BCUT2D eigenvalue weighted by atomic mass is 16.2. The van der Waals surface area contributed by atoms with Gasteiger partial charge in [0.05, 0.1) is 17.7 Å². The monoisotopic (exact) mass is 369 g/mol. The first-order valence-electron chi connectivity index (χ1n) is 10.1. The molecule has 5 rings (SSSR count). The molecular formula is C24H23N3O. The van der Waals surface area contributed by atoms with E-state index >= 15 is 0 Å². The summed E-state index contributed by atoms with van der Waals surface area (Å²) >= 11 is 0. The van der Waals surface area contributed by atoms with Crippen molar-refractivity contribution in [3.8, 4) is 6.07 Å². The van der Waals surface area contributed by atoms with Crippen LogP contribution in [0.4, 0.5) is 10.5 Å². The molecule has 2 amide bonds. The smallest absolute Gasteiger partial charge is 0.315 e. The zero-order chi connectivity index (χ0) is 19.1. The van der Waals surface area contributed by atoms with Crippen molar-refractivity contribution in [3.05, 3.63) is 71.3 Å². The van der Waals surface area contributed by atoms with Gasteiger partial charge in [-0.3, -0.25) is 4.90 Å². The van der Waals surface area contributed by atoms with Crippen LogP contribution in [0.25, 0.3) is 5.57 Å². The molecule has 2 unspecified atom stereocenters. The molecule has 140 valence electrons. The maximum atomic E-state index is 13.5. The fourth-order valence-electron chi connectivity index (χ4n) is 5.00. The van der Waals surface area contributed by atoms with Crippen molar-refractivity contribution in [2.24, 2.45) is 0 Å². The molecule has 2 bridgehead atoms. The molecule has 4 nitrogen and oxygen atoms in total.